The minimum absolute atomic E-state index is 1.24. The molecule has 0 N–H and O–H groups in total. The van der Waals surface area contributed by atoms with E-state index in [0.29, 0.717) is 0 Å². The average molecular weight is 359 g/mol. The van der Waals surface area contributed by atoms with Gasteiger partial charge in [-0.2, -0.15) is 0 Å². The molecule has 1 rings (SSSR count). The quantitative estimate of drug-likeness (QED) is 0.154. The van der Waals surface area contributed by atoms with Crippen molar-refractivity contribution in [2.75, 3.05) is 0 Å². The molecule has 0 saturated carbocycles. The summed E-state index contributed by atoms with van der Waals surface area (Å²) in [5.74, 6) is 0. The molecule has 0 aliphatic carbocycles. The third-order valence-corrected chi connectivity index (χ3v) is 5.27. The van der Waals surface area contributed by atoms with Gasteiger partial charge in [0, 0.05) is 12.1 Å². The summed E-state index contributed by atoms with van der Waals surface area (Å²) in [7, 11) is 2.08. The molecule has 1 aromatic heterocycles. The fraction of sp³-hybridized carbons (Fsp3) is 0.720. The van der Waals surface area contributed by atoms with Crippen molar-refractivity contribution in [3.63, 3.8) is 0 Å². The van der Waals surface area contributed by atoms with Gasteiger partial charge in [-0.3, -0.25) is 0 Å². The molecule has 1 heterocycles. The van der Waals surface area contributed by atoms with Gasteiger partial charge in [0.05, 0.1) is 0 Å². The third kappa shape index (κ3) is 14.1. The van der Waals surface area contributed by atoms with Crippen LogP contribution in [0.15, 0.2) is 36.7 Å². The zero-order chi connectivity index (χ0) is 18.7. The fourth-order valence-electron chi connectivity index (χ4n) is 3.45. The van der Waals surface area contributed by atoms with Crippen molar-refractivity contribution >= 4 is 0 Å². The molecular formula is C25H44N+. The van der Waals surface area contributed by atoms with Crippen LogP contribution in [0.5, 0.6) is 0 Å². The van der Waals surface area contributed by atoms with Crippen molar-refractivity contribution in [2.45, 2.75) is 110 Å². The number of rotatable bonds is 17. The number of hydrogen-bond acceptors (Lipinski definition) is 0. The average Bonchev–Trinajstić information content (AvgIpc) is 2.66. The Morgan fingerprint density at radius 2 is 1.12 bits per heavy atom. The number of pyridine rings is 1. The predicted octanol–water partition coefficient (Wildman–Crippen LogP) is 7.48. The highest BCUT2D eigenvalue weighted by molar-refractivity contribution is 5.06. The maximum absolute atomic E-state index is 2.42. The Bertz CT molecular complexity index is 432. The number of nitrogens with zero attached hydrogens (tertiary/aromatic N) is 1. The Labute approximate surface area is 163 Å². The highest BCUT2D eigenvalue weighted by atomic mass is 14.9. The molecule has 26 heavy (non-hydrogen) atoms. The van der Waals surface area contributed by atoms with E-state index in [0.717, 1.165) is 0 Å². The zero-order valence-electron chi connectivity index (χ0n) is 17.7. The molecule has 0 saturated heterocycles. The van der Waals surface area contributed by atoms with E-state index in [1.54, 1.807) is 0 Å². The number of hydrogen-bond donors (Lipinski definition) is 0. The van der Waals surface area contributed by atoms with Gasteiger partial charge < -0.3 is 0 Å². The van der Waals surface area contributed by atoms with Gasteiger partial charge >= 0.3 is 0 Å². The first-order valence-electron chi connectivity index (χ1n) is 11.4. The maximum Gasteiger partial charge on any atom is 0.168 e. The van der Waals surface area contributed by atoms with Crippen molar-refractivity contribution in [3.05, 3.63) is 42.2 Å². The molecule has 0 bridgehead atoms. The molecule has 0 aliphatic rings. The van der Waals surface area contributed by atoms with Crippen LogP contribution in [-0.4, -0.2) is 0 Å². The zero-order valence-corrected chi connectivity index (χ0v) is 17.7. The SMILES string of the molecule is CCCCCCCCC=CCCCCCCCCCc1cc[n+](C)cc1. The van der Waals surface area contributed by atoms with Crippen LogP contribution >= 0.6 is 0 Å². The van der Waals surface area contributed by atoms with Crippen molar-refractivity contribution in [2.24, 2.45) is 7.05 Å². The van der Waals surface area contributed by atoms with E-state index < -0.39 is 0 Å². The third-order valence-electron chi connectivity index (χ3n) is 5.27. The molecular weight excluding hydrogens is 314 g/mol. The lowest BCUT2D eigenvalue weighted by Gasteiger charge is -2.02. The van der Waals surface area contributed by atoms with Gasteiger partial charge in [0.25, 0.3) is 0 Å². The monoisotopic (exact) mass is 358 g/mol. The molecule has 0 aromatic carbocycles. The summed E-state index contributed by atoms with van der Waals surface area (Å²) in [4.78, 5) is 0. The van der Waals surface area contributed by atoms with Crippen LogP contribution in [0.4, 0.5) is 0 Å². The molecule has 1 heteroatoms. The second-order valence-electron chi connectivity index (χ2n) is 7.91. The molecule has 0 radical (unpaired) electrons. The molecule has 148 valence electrons. The number of unbranched alkanes of at least 4 members (excludes halogenated alkanes) is 13. The minimum atomic E-state index is 1.24. The Morgan fingerprint density at radius 1 is 0.654 bits per heavy atom. The fourth-order valence-corrected chi connectivity index (χ4v) is 3.45. The van der Waals surface area contributed by atoms with Gasteiger partial charge in [0.2, 0.25) is 0 Å². The van der Waals surface area contributed by atoms with Crippen molar-refractivity contribution in [1.29, 1.82) is 0 Å². The number of aromatic nitrogens is 1. The van der Waals surface area contributed by atoms with E-state index in [-0.39, 0.29) is 0 Å². The largest absolute Gasteiger partial charge is 0.208 e. The highest BCUT2D eigenvalue weighted by Crippen LogP contribution is 2.12. The Hall–Kier alpha value is -1.11. The normalized spacial score (nSPS) is 11.5. The Kier molecular flexibility index (Phi) is 15.3. The van der Waals surface area contributed by atoms with Crippen LogP contribution in [0, 0.1) is 0 Å². The van der Waals surface area contributed by atoms with E-state index in [2.05, 4.69) is 55.2 Å². The van der Waals surface area contributed by atoms with Crippen molar-refractivity contribution in [1.82, 2.24) is 0 Å². The van der Waals surface area contributed by atoms with E-state index in [4.69, 9.17) is 0 Å². The molecule has 0 unspecified atom stereocenters. The summed E-state index contributed by atoms with van der Waals surface area (Å²) >= 11 is 0. The van der Waals surface area contributed by atoms with Crippen LogP contribution in [0.1, 0.15) is 109 Å². The first kappa shape index (κ1) is 22.9. The van der Waals surface area contributed by atoms with E-state index in [9.17, 15) is 0 Å². The van der Waals surface area contributed by atoms with Crippen LogP contribution in [0.2, 0.25) is 0 Å². The van der Waals surface area contributed by atoms with Gasteiger partial charge in [0.15, 0.2) is 12.4 Å². The van der Waals surface area contributed by atoms with E-state index in [1.165, 1.54) is 108 Å². The van der Waals surface area contributed by atoms with Gasteiger partial charge in [-0.15, -0.1) is 0 Å². The van der Waals surface area contributed by atoms with Crippen LogP contribution in [0.25, 0.3) is 0 Å². The van der Waals surface area contributed by atoms with Crippen molar-refractivity contribution in [3.8, 4) is 0 Å². The molecule has 0 amide bonds. The van der Waals surface area contributed by atoms with Gasteiger partial charge in [-0.25, -0.2) is 4.57 Å². The smallest absolute Gasteiger partial charge is 0.168 e. The molecule has 1 nitrogen and oxygen atoms in total. The maximum atomic E-state index is 2.42. The molecule has 0 atom stereocenters. The second kappa shape index (κ2) is 17.3. The predicted molar refractivity (Wildman–Crippen MR) is 115 cm³/mol. The van der Waals surface area contributed by atoms with E-state index >= 15 is 0 Å². The van der Waals surface area contributed by atoms with E-state index in [1.807, 2.05) is 0 Å². The highest BCUT2D eigenvalue weighted by Gasteiger charge is 1.97. The standard InChI is InChI=1S/C25H44N/c1-3-4-5-6-7-8-9-10-11-12-13-14-15-16-17-18-19-20-25-21-23-26(2)24-22-25/h10-11,21-24H,3-9,12-20H2,1-2H3/q+1. The van der Waals surface area contributed by atoms with Gasteiger partial charge in [-0.05, 0) is 44.1 Å². The van der Waals surface area contributed by atoms with Crippen molar-refractivity contribution < 1.29 is 4.57 Å². The lowest BCUT2D eigenvalue weighted by Crippen LogP contribution is -2.25. The van der Waals surface area contributed by atoms with Crippen LogP contribution in [0.3, 0.4) is 0 Å². The summed E-state index contributed by atoms with van der Waals surface area (Å²) in [6.07, 6.45) is 31.2. The molecule has 0 spiro atoms. The Balaban J connectivity index is 1.78. The lowest BCUT2D eigenvalue weighted by atomic mass is 10.0. The first-order chi connectivity index (χ1) is 12.8. The molecule has 1 aromatic rings. The topological polar surface area (TPSA) is 3.88 Å². The van der Waals surface area contributed by atoms with Crippen LogP contribution < -0.4 is 4.57 Å². The van der Waals surface area contributed by atoms with Crippen LogP contribution in [-0.2, 0) is 13.5 Å². The second-order valence-corrected chi connectivity index (χ2v) is 7.91. The summed E-state index contributed by atoms with van der Waals surface area (Å²) in [5, 5.41) is 0. The summed E-state index contributed by atoms with van der Waals surface area (Å²) in [6.45, 7) is 2.29. The molecule has 0 fully saturated rings. The summed E-state index contributed by atoms with van der Waals surface area (Å²) < 4.78 is 2.10. The van der Waals surface area contributed by atoms with Gasteiger partial charge in [-0.1, -0.05) is 83.3 Å². The summed E-state index contributed by atoms with van der Waals surface area (Å²) in [6, 6.07) is 4.50. The minimum Gasteiger partial charge on any atom is -0.208 e. The van der Waals surface area contributed by atoms with Gasteiger partial charge in [0.1, 0.15) is 7.05 Å². The number of aryl methyl sites for hydroxylation is 2. The molecule has 0 aliphatic heterocycles. The first-order valence-corrected chi connectivity index (χ1v) is 11.4. The Morgan fingerprint density at radius 3 is 1.65 bits per heavy atom. The number of allylic oxidation sites excluding steroid dienone is 2. The lowest BCUT2D eigenvalue weighted by molar-refractivity contribution is -0.671. The summed E-state index contributed by atoms with van der Waals surface area (Å²) in [5.41, 5.74) is 1.48.